The van der Waals surface area contributed by atoms with Gasteiger partial charge in [0.15, 0.2) is 0 Å². The Labute approximate surface area is 190 Å². The van der Waals surface area contributed by atoms with Gasteiger partial charge in [0.2, 0.25) is 0 Å². The van der Waals surface area contributed by atoms with Gasteiger partial charge in [0, 0.05) is 107 Å². The molecule has 0 fully saturated rings. The lowest BCUT2D eigenvalue weighted by Gasteiger charge is -2.08. The van der Waals surface area contributed by atoms with E-state index in [0.29, 0.717) is 0 Å². The van der Waals surface area contributed by atoms with Crippen LogP contribution in [0, 0.1) is 0 Å². The molecular weight excluding hydrogens is 404 g/mol. The number of methoxy groups -OCH3 is 2. The number of hydrogen-bond donors (Lipinski definition) is 0. The standard InChI is InChI=1S/C23H48O8/c1-24-10-3-12-26-14-5-16-28-18-7-20-30-22-9-23-31-21-8-19-29-17-6-15-27-13-4-11-25-2/h3-23H2,1-2H3. The summed E-state index contributed by atoms with van der Waals surface area (Å²) in [7, 11) is 3.41. The zero-order chi connectivity index (χ0) is 22.5. The Kier molecular flexibility index (Phi) is 29.4. The zero-order valence-electron chi connectivity index (χ0n) is 20.1. The lowest BCUT2D eigenvalue weighted by Crippen LogP contribution is -2.08. The van der Waals surface area contributed by atoms with E-state index in [1.54, 1.807) is 14.2 Å². The van der Waals surface area contributed by atoms with Crippen molar-refractivity contribution in [1.29, 1.82) is 0 Å². The molecule has 8 heteroatoms. The SMILES string of the molecule is COCCCOCCCOCCCOCCCOCCCOCCCOCCCOC. The molecule has 0 aliphatic rings. The Hall–Kier alpha value is -0.320. The highest BCUT2D eigenvalue weighted by Crippen LogP contribution is 1.94. The first kappa shape index (κ1) is 30.7. The molecule has 0 heterocycles. The minimum absolute atomic E-state index is 0.732. The minimum Gasteiger partial charge on any atom is -0.385 e. The Balaban J connectivity index is 2.98. The van der Waals surface area contributed by atoms with Crippen molar-refractivity contribution in [2.45, 2.75) is 44.9 Å². The van der Waals surface area contributed by atoms with Crippen LogP contribution in [0.1, 0.15) is 44.9 Å². The maximum absolute atomic E-state index is 5.59. The molecule has 0 unspecified atom stereocenters. The van der Waals surface area contributed by atoms with Gasteiger partial charge < -0.3 is 37.9 Å². The molecule has 0 aliphatic heterocycles. The van der Waals surface area contributed by atoms with Crippen molar-refractivity contribution >= 4 is 0 Å². The van der Waals surface area contributed by atoms with E-state index in [1.165, 1.54) is 0 Å². The van der Waals surface area contributed by atoms with E-state index < -0.39 is 0 Å². The van der Waals surface area contributed by atoms with E-state index in [0.717, 1.165) is 137 Å². The first-order valence-corrected chi connectivity index (χ1v) is 11.9. The maximum atomic E-state index is 5.59. The number of ether oxygens (including phenoxy) is 8. The molecule has 0 saturated heterocycles. The summed E-state index contributed by atoms with van der Waals surface area (Å²) in [5.41, 5.74) is 0. The Morgan fingerprint density at radius 2 is 0.419 bits per heavy atom. The third-order valence-electron chi connectivity index (χ3n) is 4.16. The van der Waals surface area contributed by atoms with E-state index in [4.69, 9.17) is 37.9 Å². The first-order chi connectivity index (χ1) is 15.4. The Morgan fingerprint density at radius 1 is 0.258 bits per heavy atom. The van der Waals surface area contributed by atoms with Gasteiger partial charge >= 0.3 is 0 Å². The van der Waals surface area contributed by atoms with Crippen LogP contribution in [0.25, 0.3) is 0 Å². The summed E-state index contributed by atoms with van der Waals surface area (Å²) in [4.78, 5) is 0. The molecule has 0 atom stereocenters. The lowest BCUT2D eigenvalue weighted by atomic mass is 10.4. The van der Waals surface area contributed by atoms with Gasteiger partial charge in [-0.1, -0.05) is 0 Å². The van der Waals surface area contributed by atoms with Crippen LogP contribution in [0.15, 0.2) is 0 Å². The predicted octanol–water partition coefficient (Wildman–Crippen LogP) is 3.11. The van der Waals surface area contributed by atoms with Gasteiger partial charge in [-0.2, -0.15) is 0 Å². The largest absolute Gasteiger partial charge is 0.385 e. The van der Waals surface area contributed by atoms with Gasteiger partial charge in [0.1, 0.15) is 0 Å². The summed E-state index contributed by atoms with van der Waals surface area (Å²) in [6, 6.07) is 0. The molecule has 0 aliphatic carbocycles. The molecular formula is C23H48O8. The number of hydrogen-bond acceptors (Lipinski definition) is 8. The Bertz CT molecular complexity index is 279. The van der Waals surface area contributed by atoms with Gasteiger partial charge in [0.05, 0.1) is 0 Å². The fraction of sp³-hybridized carbons (Fsp3) is 1.00. The van der Waals surface area contributed by atoms with Gasteiger partial charge in [0.25, 0.3) is 0 Å². The van der Waals surface area contributed by atoms with Crippen molar-refractivity contribution in [3.63, 3.8) is 0 Å². The van der Waals surface area contributed by atoms with Crippen molar-refractivity contribution in [3.05, 3.63) is 0 Å². The van der Waals surface area contributed by atoms with Gasteiger partial charge in [-0.25, -0.2) is 0 Å². The molecule has 0 amide bonds. The highest BCUT2D eigenvalue weighted by molar-refractivity contribution is 4.42. The van der Waals surface area contributed by atoms with Crippen LogP contribution in [0.5, 0.6) is 0 Å². The Morgan fingerprint density at radius 3 is 0.581 bits per heavy atom. The smallest absolute Gasteiger partial charge is 0.0488 e. The van der Waals surface area contributed by atoms with E-state index >= 15 is 0 Å². The maximum Gasteiger partial charge on any atom is 0.0488 e. The average molecular weight is 453 g/mol. The molecule has 188 valence electrons. The normalized spacial score (nSPS) is 11.4. The first-order valence-electron chi connectivity index (χ1n) is 11.9. The number of rotatable bonds is 28. The van der Waals surface area contributed by atoms with Crippen LogP contribution in [-0.4, -0.2) is 107 Å². The molecule has 0 saturated carbocycles. The van der Waals surface area contributed by atoms with Crippen molar-refractivity contribution in [3.8, 4) is 0 Å². The summed E-state index contributed by atoms with van der Waals surface area (Å²) < 4.78 is 43.2. The summed E-state index contributed by atoms with van der Waals surface area (Å²) in [6.45, 7) is 10.4. The molecule has 0 rings (SSSR count). The van der Waals surface area contributed by atoms with Gasteiger partial charge in [-0.3, -0.25) is 0 Å². The zero-order valence-corrected chi connectivity index (χ0v) is 20.1. The van der Waals surface area contributed by atoms with Crippen molar-refractivity contribution in [2.24, 2.45) is 0 Å². The average Bonchev–Trinajstić information content (AvgIpc) is 2.78. The second kappa shape index (κ2) is 29.7. The molecule has 8 nitrogen and oxygen atoms in total. The molecule has 0 aromatic carbocycles. The van der Waals surface area contributed by atoms with Gasteiger partial charge in [-0.15, -0.1) is 0 Å². The van der Waals surface area contributed by atoms with E-state index in [1.807, 2.05) is 0 Å². The fourth-order valence-electron chi connectivity index (χ4n) is 2.54. The third-order valence-corrected chi connectivity index (χ3v) is 4.16. The van der Waals surface area contributed by atoms with Crippen molar-refractivity contribution in [2.75, 3.05) is 107 Å². The van der Waals surface area contributed by atoms with Crippen LogP contribution in [-0.2, 0) is 37.9 Å². The highest BCUT2D eigenvalue weighted by atomic mass is 16.5. The summed E-state index contributed by atoms with van der Waals surface area (Å²) >= 11 is 0. The summed E-state index contributed by atoms with van der Waals surface area (Å²) in [6.07, 6.45) is 6.51. The van der Waals surface area contributed by atoms with Crippen molar-refractivity contribution in [1.82, 2.24) is 0 Å². The molecule has 0 aromatic rings. The second-order valence-electron chi connectivity index (χ2n) is 7.13. The predicted molar refractivity (Wildman–Crippen MR) is 121 cm³/mol. The molecule has 0 spiro atoms. The summed E-state index contributed by atoms with van der Waals surface area (Å²) in [5.74, 6) is 0. The molecule has 0 radical (unpaired) electrons. The molecule has 0 aromatic heterocycles. The monoisotopic (exact) mass is 452 g/mol. The van der Waals surface area contributed by atoms with Gasteiger partial charge in [-0.05, 0) is 44.9 Å². The fourth-order valence-corrected chi connectivity index (χ4v) is 2.54. The minimum atomic E-state index is 0.732. The van der Waals surface area contributed by atoms with E-state index in [2.05, 4.69) is 0 Å². The quantitative estimate of drug-likeness (QED) is 0.168. The van der Waals surface area contributed by atoms with E-state index in [9.17, 15) is 0 Å². The van der Waals surface area contributed by atoms with Crippen LogP contribution < -0.4 is 0 Å². The van der Waals surface area contributed by atoms with Crippen LogP contribution in [0.3, 0.4) is 0 Å². The van der Waals surface area contributed by atoms with Crippen LogP contribution >= 0.6 is 0 Å². The summed E-state index contributed by atoms with van der Waals surface area (Å²) in [5, 5.41) is 0. The topological polar surface area (TPSA) is 73.8 Å². The van der Waals surface area contributed by atoms with Crippen LogP contribution in [0.4, 0.5) is 0 Å². The van der Waals surface area contributed by atoms with Crippen LogP contribution in [0.2, 0.25) is 0 Å². The highest BCUT2D eigenvalue weighted by Gasteiger charge is 1.95. The molecule has 0 N–H and O–H groups in total. The second-order valence-corrected chi connectivity index (χ2v) is 7.13. The van der Waals surface area contributed by atoms with Crippen molar-refractivity contribution < 1.29 is 37.9 Å². The van der Waals surface area contributed by atoms with E-state index in [-0.39, 0.29) is 0 Å². The third kappa shape index (κ3) is 29.7. The molecule has 31 heavy (non-hydrogen) atoms. The lowest BCUT2D eigenvalue weighted by molar-refractivity contribution is 0.0441. The molecule has 0 bridgehead atoms.